The topological polar surface area (TPSA) is 27.0 Å². The van der Waals surface area contributed by atoms with Crippen molar-refractivity contribution in [3.63, 3.8) is 0 Å². The van der Waals surface area contributed by atoms with Crippen LogP contribution in [0.4, 0.5) is 5.69 Å². The molecule has 86 valence electrons. The lowest BCUT2D eigenvalue weighted by molar-refractivity contribution is 0.764. The molecule has 0 unspecified atom stereocenters. The van der Waals surface area contributed by atoms with E-state index in [-0.39, 0.29) is 0 Å². The third-order valence-corrected chi connectivity index (χ3v) is 3.11. The minimum Gasteiger partial charge on any atom is -0.359 e. The van der Waals surface area contributed by atoms with E-state index in [9.17, 15) is 0 Å². The summed E-state index contributed by atoms with van der Waals surface area (Å²) in [7, 11) is 0. The van der Waals surface area contributed by atoms with Crippen LogP contribution in [0.5, 0.6) is 0 Å². The molecule has 0 bridgehead atoms. The Hall–Kier alpha value is -1.64. The smallest absolute Gasteiger partial charge is 0.101 e. The van der Waals surface area contributed by atoms with E-state index in [0.29, 0.717) is 17.1 Å². The van der Waals surface area contributed by atoms with Gasteiger partial charge in [0, 0.05) is 11.6 Å². The highest BCUT2D eigenvalue weighted by atomic mass is 35.5. The average molecular weight is 245 g/mol. The van der Waals surface area contributed by atoms with Crippen molar-refractivity contribution < 1.29 is 0 Å². The van der Waals surface area contributed by atoms with Crippen molar-refractivity contribution in [2.45, 2.75) is 12.8 Å². The quantitative estimate of drug-likeness (QED) is 0.762. The first kappa shape index (κ1) is 11.8. The molecule has 1 saturated carbocycles. The van der Waals surface area contributed by atoms with Crippen LogP contribution in [0.25, 0.3) is 0 Å². The van der Waals surface area contributed by atoms with Gasteiger partial charge in [0.25, 0.3) is 0 Å². The van der Waals surface area contributed by atoms with E-state index in [1.54, 1.807) is 12.1 Å². The van der Waals surface area contributed by atoms with Crippen LogP contribution in [0.1, 0.15) is 18.4 Å². The summed E-state index contributed by atoms with van der Waals surface area (Å²) in [6.45, 7) is 1.47. The normalized spacial score (nSPS) is 13.8. The summed E-state index contributed by atoms with van der Waals surface area (Å²) in [5, 5.41) is 9.70. The third kappa shape index (κ3) is 2.93. The molecule has 1 aliphatic carbocycles. The molecule has 0 spiro atoms. The highest BCUT2D eigenvalue weighted by molar-refractivity contribution is 6.30. The Morgan fingerprint density at radius 1 is 1.47 bits per heavy atom. The van der Waals surface area contributed by atoms with Crippen molar-refractivity contribution in [3.05, 3.63) is 28.8 Å². The molecule has 0 N–H and O–H groups in total. The summed E-state index contributed by atoms with van der Waals surface area (Å²) in [6.07, 6.45) is 7.90. The van der Waals surface area contributed by atoms with E-state index in [4.69, 9.17) is 23.3 Å². The molecule has 0 aromatic heterocycles. The van der Waals surface area contributed by atoms with Crippen LogP contribution in [-0.2, 0) is 0 Å². The fourth-order valence-electron chi connectivity index (χ4n) is 1.84. The maximum atomic E-state index is 9.12. The number of anilines is 1. The molecule has 2 rings (SSSR count). The van der Waals surface area contributed by atoms with Crippen LogP contribution in [0.15, 0.2) is 18.2 Å². The van der Waals surface area contributed by atoms with Gasteiger partial charge in [-0.2, -0.15) is 5.26 Å². The van der Waals surface area contributed by atoms with E-state index in [1.807, 2.05) is 6.07 Å². The predicted molar refractivity (Wildman–Crippen MR) is 69.9 cm³/mol. The lowest BCUT2D eigenvalue weighted by Gasteiger charge is -2.23. The fourth-order valence-corrected chi connectivity index (χ4v) is 2.02. The second kappa shape index (κ2) is 5.13. The second-order valence-electron chi connectivity index (χ2n) is 4.30. The molecule has 2 nitrogen and oxygen atoms in total. The van der Waals surface area contributed by atoms with Gasteiger partial charge in [0.2, 0.25) is 0 Å². The van der Waals surface area contributed by atoms with Gasteiger partial charge >= 0.3 is 0 Å². The van der Waals surface area contributed by atoms with Gasteiger partial charge in [-0.1, -0.05) is 17.5 Å². The lowest BCUT2D eigenvalue weighted by atomic mass is 10.1. The van der Waals surface area contributed by atoms with Gasteiger partial charge in [0.15, 0.2) is 0 Å². The van der Waals surface area contributed by atoms with Gasteiger partial charge in [0.05, 0.1) is 17.8 Å². The fraction of sp³-hybridized carbons (Fsp3) is 0.357. The molecular weight excluding hydrogens is 232 g/mol. The average Bonchev–Trinajstić information content (AvgIpc) is 3.12. The molecule has 3 heteroatoms. The summed E-state index contributed by atoms with van der Waals surface area (Å²) in [5.74, 6) is 3.38. The zero-order chi connectivity index (χ0) is 12.3. The molecule has 1 aliphatic rings. The first-order chi connectivity index (χ1) is 8.24. The Morgan fingerprint density at radius 2 is 2.24 bits per heavy atom. The molecule has 0 aliphatic heterocycles. The van der Waals surface area contributed by atoms with Crippen LogP contribution in [0, 0.1) is 29.6 Å². The maximum absolute atomic E-state index is 9.12. The van der Waals surface area contributed by atoms with Crippen molar-refractivity contribution in [2.75, 3.05) is 18.0 Å². The summed E-state index contributed by atoms with van der Waals surface area (Å²) >= 11 is 5.89. The van der Waals surface area contributed by atoms with Crippen LogP contribution in [-0.4, -0.2) is 13.1 Å². The summed E-state index contributed by atoms with van der Waals surface area (Å²) in [5.41, 5.74) is 1.48. The molecule has 1 fully saturated rings. The van der Waals surface area contributed by atoms with Crippen molar-refractivity contribution >= 4 is 17.3 Å². The largest absolute Gasteiger partial charge is 0.359 e. The van der Waals surface area contributed by atoms with E-state index < -0.39 is 0 Å². The van der Waals surface area contributed by atoms with Crippen molar-refractivity contribution in [1.82, 2.24) is 0 Å². The van der Waals surface area contributed by atoms with Crippen molar-refractivity contribution in [2.24, 2.45) is 5.92 Å². The number of nitrogens with zero attached hydrogens (tertiary/aromatic N) is 2. The first-order valence-corrected chi connectivity index (χ1v) is 6.00. The molecule has 17 heavy (non-hydrogen) atoms. The van der Waals surface area contributed by atoms with Gasteiger partial charge in [-0.3, -0.25) is 0 Å². The van der Waals surface area contributed by atoms with Gasteiger partial charge in [-0.15, -0.1) is 6.42 Å². The van der Waals surface area contributed by atoms with Gasteiger partial charge in [-0.25, -0.2) is 0 Å². The molecule has 0 atom stereocenters. The Morgan fingerprint density at radius 3 is 2.82 bits per heavy atom. The molecule has 0 amide bonds. The zero-order valence-electron chi connectivity index (χ0n) is 9.49. The minimum atomic E-state index is 0.535. The summed E-state index contributed by atoms with van der Waals surface area (Å²) in [4.78, 5) is 2.09. The van der Waals surface area contributed by atoms with E-state index in [2.05, 4.69) is 16.9 Å². The van der Waals surface area contributed by atoms with Crippen LogP contribution >= 0.6 is 11.6 Å². The van der Waals surface area contributed by atoms with E-state index >= 15 is 0 Å². The number of rotatable bonds is 4. The van der Waals surface area contributed by atoms with Crippen molar-refractivity contribution in [1.29, 1.82) is 5.26 Å². The molecule has 0 radical (unpaired) electrons. The second-order valence-corrected chi connectivity index (χ2v) is 4.74. The highest BCUT2D eigenvalue weighted by Gasteiger charge is 2.25. The maximum Gasteiger partial charge on any atom is 0.101 e. The van der Waals surface area contributed by atoms with Gasteiger partial charge < -0.3 is 4.90 Å². The molecular formula is C14H13ClN2. The molecule has 1 aromatic rings. The van der Waals surface area contributed by atoms with Gasteiger partial charge in [-0.05, 0) is 37.0 Å². The number of hydrogen-bond donors (Lipinski definition) is 0. The van der Waals surface area contributed by atoms with Crippen molar-refractivity contribution in [3.8, 4) is 18.4 Å². The predicted octanol–water partition coefficient (Wildman–Crippen LogP) is 3.06. The standard InChI is InChI=1S/C14H13ClN2/c1-2-7-17(10-11-3-4-11)14-6-5-13(15)8-12(14)9-16/h1,5-6,8,11H,3-4,7,10H2. The number of nitriles is 1. The van der Waals surface area contributed by atoms with Gasteiger partial charge in [0.1, 0.15) is 6.07 Å². The molecule has 1 aromatic carbocycles. The van der Waals surface area contributed by atoms with Crippen LogP contribution in [0.3, 0.4) is 0 Å². The third-order valence-electron chi connectivity index (χ3n) is 2.88. The van der Waals surface area contributed by atoms with E-state index in [1.165, 1.54) is 12.8 Å². The van der Waals surface area contributed by atoms with Crippen LogP contribution < -0.4 is 4.90 Å². The summed E-state index contributed by atoms with van der Waals surface area (Å²) < 4.78 is 0. The minimum absolute atomic E-state index is 0.535. The summed E-state index contributed by atoms with van der Waals surface area (Å²) in [6, 6.07) is 7.54. The van der Waals surface area contributed by atoms with Crippen LogP contribution in [0.2, 0.25) is 5.02 Å². The Kier molecular flexibility index (Phi) is 3.57. The lowest BCUT2D eigenvalue weighted by Crippen LogP contribution is -2.26. The molecule has 0 saturated heterocycles. The monoisotopic (exact) mass is 244 g/mol. The SMILES string of the molecule is C#CCN(CC1CC1)c1ccc(Cl)cc1C#N. The number of benzene rings is 1. The number of terminal acetylenes is 1. The number of hydrogen-bond acceptors (Lipinski definition) is 2. The Labute approximate surface area is 107 Å². The molecule has 0 heterocycles. The highest BCUT2D eigenvalue weighted by Crippen LogP contribution is 2.32. The Balaban J connectivity index is 2.28. The Bertz CT molecular complexity index is 492. The number of halogens is 1. The van der Waals surface area contributed by atoms with E-state index in [0.717, 1.165) is 18.2 Å². The first-order valence-electron chi connectivity index (χ1n) is 5.62. The zero-order valence-corrected chi connectivity index (χ0v) is 10.2.